The third-order valence-corrected chi connectivity index (χ3v) is 6.94. The molecule has 0 aromatic heterocycles. The zero-order valence-electron chi connectivity index (χ0n) is 16.1. The lowest BCUT2D eigenvalue weighted by molar-refractivity contribution is 0.531. The fourth-order valence-electron chi connectivity index (χ4n) is 2.87. The van der Waals surface area contributed by atoms with Gasteiger partial charge < -0.3 is 4.80 Å². The van der Waals surface area contributed by atoms with E-state index in [-0.39, 0.29) is 0 Å². The van der Waals surface area contributed by atoms with E-state index >= 15 is 0 Å². The summed E-state index contributed by atoms with van der Waals surface area (Å²) >= 11 is 17.6. The molecule has 0 saturated heterocycles. The van der Waals surface area contributed by atoms with E-state index in [1.807, 2.05) is 0 Å². The summed E-state index contributed by atoms with van der Waals surface area (Å²) in [5, 5.41) is 0. The van der Waals surface area contributed by atoms with Crippen LogP contribution in [0.3, 0.4) is 0 Å². The number of unbranched alkanes of at least 4 members (excludes halogenated alkanes) is 15. The van der Waals surface area contributed by atoms with Crippen LogP contribution in [0.15, 0.2) is 0 Å². The van der Waals surface area contributed by atoms with Crippen molar-refractivity contribution in [2.45, 2.75) is 116 Å². The van der Waals surface area contributed by atoms with Crippen molar-refractivity contribution in [3.63, 3.8) is 0 Å². The van der Waals surface area contributed by atoms with Crippen LogP contribution in [0.2, 0.25) is 6.04 Å². The largest absolute Gasteiger partial charge is 0.442 e. The highest BCUT2D eigenvalue weighted by Gasteiger charge is 2.23. The predicted molar refractivity (Wildman–Crippen MR) is 120 cm³/mol. The molecule has 0 atom stereocenters. The Balaban J connectivity index is 0. The fraction of sp³-hybridized carbons (Fsp3) is 1.00. The molecular formula is C18H41Cl3OSi2. The highest BCUT2D eigenvalue weighted by atomic mass is 35.8. The van der Waals surface area contributed by atoms with Gasteiger partial charge in [0.2, 0.25) is 0 Å². The topological polar surface area (TPSA) is 20.2 Å². The average Bonchev–Trinajstić information content (AvgIpc) is 2.55. The summed E-state index contributed by atoms with van der Waals surface area (Å²) in [4.78, 5) is 7.14. The first-order valence-corrected chi connectivity index (χ1v) is 16.2. The molecule has 1 nitrogen and oxygen atoms in total. The predicted octanol–water partition coefficient (Wildman–Crippen LogP) is 7.16. The van der Waals surface area contributed by atoms with Gasteiger partial charge in [-0.2, -0.15) is 0 Å². The maximum Gasteiger partial charge on any atom is 0.341 e. The molecule has 0 rings (SSSR count). The Labute approximate surface area is 169 Å². The van der Waals surface area contributed by atoms with Crippen LogP contribution >= 0.6 is 33.2 Å². The van der Waals surface area contributed by atoms with Crippen molar-refractivity contribution in [2.75, 3.05) is 0 Å². The number of halogens is 3. The lowest BCUT2D eigenvalue weighted by Gasteiger charge is -2.07. The van der Waals surface area contributed by atoms with Crippen LogP contribution in [-0.2, 0) is 0 Å². The summed E-state index contributed by atoms with van der Waals surface area (Å²) in [5.41, 5.74) is 0. The zero-order chi connectivity index (χ0) is 18.5. The van der Waals surface area contributed by atoms with E-state index < -0.39 is 6.00 Å². The molecule has 0 aliphatic rings. The SMILES string of the molecule is CCCCCCCCCCCCCCCCCC[Si](Cl)(Cl)Cl.O[SiH3]. The molecule has 0 spiro atoms. The van der Waals surface area contributed by atoms with Crippen LogP contribution in [0.25, 0.3) is 0 Å². The van der Waals surface area contributed by atoms with E-state index in [4.69, 9.17) is 38.0 Å². The molecule has 0 bridgehead atoms. The minimum atomic E-state index is -2.35. The molecular weight excluding hydrogens is 395 g/mol. The van der Waals surface area contributed by atoms with Gasteiger partial charge in [-0.25, -0.2) is 0 Å². The molecule has 0 radical (unpaired) electrons. The lowest BCUT2D eigenvalue weighted by Crippen LogP contribution is -2.07. The molecule has 0 aromatic carbocycles. The van der Waals surface area contributed by atoms with Gasteiger partial charge in [-0.3, -0.25) is 0 Å². The summed E-state index contributed by atoms with van der Waals surface area (Å²) in [7, 11) is 0.306. The van der Waals surface area contributed by atoms with Gasteiger partial charge in [0.05, 0.1) is 0 Å². The first kappa shape index (κ1) is 27.5. The van der Waals surface area contributed by atoms with Gasteiger partial charge in [-0.15, -0.1) is 33.2 Å². The Morgan fingerprint density at radius 2 is 0.792 bits per heavy atom. The van der Waals surface area contributed by atoms with Crippen LogP contribution in [0.5, 0.6) is 0 Å². The molecule has 0 saturated carbocycles. The van der Waals surface area contributed by atoms with Gasteiger partial charge in [-0.1, -0.05) is 110 Å². The smallest absolute Gasteiger partial charge is 0.341 e. The molecule has 148 valence electrons. The van der Waals surface area contributed by atoms with E-state index in [0.717, 1.165) is 12.5 Å². The minimum Gasteiger partial charge on any atom is -0.442 e. The Morgan fingerprint density at radius 1 is 0.542 bits per heavy atom. The maximum atomic E-state index is 7.14. The highest BCUT2D eigenvalue weighted by molar-refractivity contribution is 7.64. The Kier molecular flexibility index (Phi) is 25.5. The van der Waals surface area contributed by atoms with Crippen LogP contribution in [-0.4, -0.2) is 21.3 Å². The van der Waals surface area contributed by atoms with Gasteiger partial charge in [-0.05, 0) is 6.04 Å². The normalized spacial score (nSPS) is 11.4. The Bertz CT molecular complexity index is 227. The van der Waals surface area contributed by atoms with Crippen molar-refractivity contribution in [3.8, 4) is 0 Å². The molecule has 0 aliphatic heterocycles. The van der Waals surface area contributed by atoms with Crippen LogP contribution in [0, 0.1) is 0 Å². The van der Waals surface area contributed by atoms with Crippen LogP contribution in [0.1, 0.15) is 110 Å². The maximum absolute atomic E-state index is 7.14. The second kappa shape index (κ2) is 22.3. The summed E-state index contributed by atoms with van der Waals surface area (Å²) in [6, 6.07) is -1.52. The van der Waals surface area contributed by atoms with E-state index in [2.05, 4.69) is 6.92 Å². The highest BCUT2D eigenvalue weighted by Crippen LogP contribution is 2.27. The minimum absolute atomic E-state index is 0.306. The molecule has 0 heterocycles. The number of rotatable bonds is 17. The molecule has 1 N–H and O–H groups in total. The Morgan fingerprint density at radius 3 is 1.04 bits per heavy atom. The van der Waals surface area contributed by atoms with Gasteiger partial charge in [0.25, 0.3) is 0 Å². The monoisotopic (exact) mass is 434 g/mol. The summed E-state index contributed by atoms with van der Waals surface area (Å²) in [6.45, 7) is 2.28. The summed E-state index contributed by atoms with van der Waals surface area (Å²) in [5.74, 6) is 0. The first-order chi connectivity index (χ1) is 11.6. The van der Waals surface area contributed by atoms with E-state index in [0.29, 0.717) is 10.5 Å². The van der Waals surface area contributed by atoms with E-state index in [1.165, 1.54) is 96.3 Å². The number of hydrogen-bond acceptors (Lipinski definition) is 1. The molecule has 0 fully saturated rings. The van der Waals surface area contributed by atoms with Crippen LogP contribution in [0.4, 0.5) is 0 Å². The van der Waals surface area contributed by atoms with Gasteiger partial charge in [0.1, 0.15) is 10.5 Å². The van der Waals surface area contributed by atoms with Crippen molar-refractivity contribution in [2.24, 2.45) is 0 Å². The third kappa shape index (κ3) is 28.1. The molecule has 0 aliphatic carbocycles. The van der Waals surface area contributed by atoms with E-state index in [1.54, 1.807) is 0 Å². The van der Waals surface area contributed by atoms with Gasteiger partial charge in [0.15, 0.2) is 0 Å². The molecule has 0 unspecified atom stereocenters. The fourth-order valence-corrected chi connectivity index (χ4v) is 4.73. The summed E-state index contributed by atoms with van der Waals surface area (Å²) < 4.78 is 0. The second-order valence-electron chi connectivity index (χ2n) is 6.67. The van der Waals surface area contributed by atoms with Crippen molar-refractivity contribution >= 4 is 49.7 Å². The summed E-state index contributed by atoms with van der Waals surface area (Å²) in [6.07, 6.45) is 22.2. The first-order valence-electron chi connectivity index (χ1n) is 10.1. The second-order valence-corrected chi connectivity index (χ2v) is 15.9. The van der Waals surface area contributed by atoms with Crippen molar-refractivity contribution in [3.05, 3.63) is 0 Å². The molecule has 0 aromatic rings. The van der Waals surface area contributed by atoms with Gasteiger partial charge in [0, 0.05) is 0 Å². The third-order valence-electron chi connectivity index (χ3n) is 4.31. The molecule has 0 amide bonds. The van der Waals surface area contributed by atoms with Crippen LogP contribution < -0.4 is 0 Å². The number of hydrogen-bond donors (Lipinski definition) is 1. The Hall–Kier alpha value is 1.26. The van der Waals surface area contributed by atoms with Crippen molar-refractivity contribution in [1.29, 1.82) is 0 Å². The lowest BCUT2D eigenvalue weighted by atomic mass is 10.0. The zero-order valence-corrected chi connectivity index (χ0v) is 21.4. The van der Waals surface area contributed by atoms with Crippen molar-refractivity contribution < 1.29 is 4.80 Å². The molecule has 24 heavy (non-hydrogen) atoms. The quantitative estimate of drug-likeness (QED) is 0.146. The average molecular weight is 436 g/mol. The molecule has 6 heteroatoms. The van der Waals surface area contributed by atoms with E-state index in [9.17, 15) is 0 Å². The van der Waals surface area contributed by atoms with Gasteiger partial charge >= 0.3 is 6.00 Å². The van der Waals surface area contributed by atoms with Crippen molar-refractivity contribution in [1.82, 2.24) is 0 Å². The standard InChI is InChI=1S/C18H37Cl3Si.H4OSi/c1-2-3-4-5-6-7-8-9-10-11-12-13-14-15-16-17-18-22(19,20)21;1-2/h2-18H2,1H3;1H,2H3.